The Morgan fingerprint density at radius 1 is 1.20 bits per heavy atom. The van der Waals surface area contributed by atoms with E-state index in [1.165, 1.54) is 22.7 Å². The number of nitrogens with one attached hydrogen (secondary N) is 2. The standard InChI is InChI=1S/C17H16N4O2S2/c1-9-3-2-4-12-14(9)20-17(25-12)19-13(22)7-11-8-24-16(18-11)21-15(23)10-5-6-10/h2-4,8,10H,5-7H2,1H3,(H,18,21,23)(H,19,20,22). The van der Waals surface area contributed by atoms with Crippen LogP contribution in [0, 0.1) is 12.8 Å². The molecule has 0 radical (unpaired) electrons. The van der Waals surface area contributed by atoms with E-state index in [1.54, 1.807) is 5.38 Å². The first-order chi connectivity index (χ1) is 12.1. The highest BCUT2D eigenvalue weighted by atomic mass is 32.1. The summed E-state index contributed by atoms with van der Waals surface area (Å²) in [5.41, 5.74) is 2.65. The lowest BCUT2D eigenvalue weighted by Gasteiger charge is -1.99. The van der Waals surface area contributed by atoms with E-state index in [2.05, 4.69) is 20.6 Å². The van der Waals surface area contributed by atoms with Crippen molar-refractivity contribution in [2.75, 3.05) is 10.6 Å². The predicted octanol–water partition coefficient (Wildman–Crippen LogP) is 3.59. The molecule has 0 spiro atoms. The molecule has 0 bridgehead atoms. The molecule has 4 rings (SSSR count). The van der Waals surface area contributed by atoms with Crippen LogP contribution >= 0.6 is 22.7 Å². The second-order valence-corrected chi connectivity index (χ2v) is 7.96. The minimum Gasteiger partial charge on any atom is -0.302 e. The molecule has 6 nitrogen and oxygen atoms in total. The predicted molar refractivity (Wildman–Crippen MR) is 100 cm³/mol. The molecule has 2 amide bonds. The number of para-hydroxylation sites is 1. The number of carbonyl (C=O) groups excluding carboxylic acids is 2. The van der Waals surface area contributed by atoms with Gasteiger partial charge in [-0.2, -0.15) is 0 Å². The molecule has 2 N–H and O–H groups in total. The van der Waals surface area contributed by atoms with E-state index in [9.17, 15) is 9.59 Å². The van der Waals surface area contributed by atoms with Gasteiger partial charge in [-0.1, -0.05) is 23.5 Å². The van der Waals surface area contributed by atoms with E-state index in [4.69, 9.17) is 0 Å². The summed E-state index contributed by atoms with van der Waals surface area (Å²) in [5, 5.41) is 8.57. The van der Waals surface area contributed by atoms with E-state index in [0.717, 1.165) is 28.6 Å². The van der Waals surface area contributed by atoms with Gasteiger partial charge in [-0.3, -0.25) is 9.59 Å². The lowest BCUT2D eigenvalue weighted by Crippen LogP contribution is -2.15. The van der Waals surface area contributed by atoms with Crippen molar-refractivity contribution < 1.29 is 9.59 Å². The Kier molecular flexibility index (Phi) is 4.22. The molecule has 3 aromatic rings. The molecule has 1 aliphatic rings. The van der Waals surface area contributed by atoms with E-state index >= 15 is 0 Å². The lowest BCUT2D eigenvalue weighted by molar-refractivity contribution is -0.117. The van der Waals surface area contributed by atoms with Crippen molar-refractivity contribution in [3.8, 4) is 0 Å². The van der Waals surface area contributed by atoms with Gasteiger partial charge in [0.2, 0.25) is 11.8 Å². The van der Waals surface area contributed by atoms with Crippen LogP contribution in [0.1, 0.15) is 24.1 Å². The quantitative estimate of drug-likeness (QED) is 0.717. The molecule has 0 atom stereocenters. The minimum absolute atomic E-state index is 0.0233. The number of carbonyl (C=O) groups is 2. The number of aromatic nitrogens is 2. The number of anilines is 2. The van der Waals surface area contributed by atoms with E-state index in [1.807, 2.05) is 25.1 Å². The smallest absolute Gasteiger partial charge is 0.232 e. The Balaban J connectivity index is 1.38. The normalized spacial score (nSPS) is 13.8. The van der Waals surface area contributed by atoms with Crippen molar-refractivity contribution >= 4 is 55.0 Å². The van der Waals surface area contributed by atoms with Crippen molar-refractivity contribution in [2.24, 2.45) is 5.92 Å². The van der Waals surface area contributed by atoms with Gasteiger partial charge in [0.15, 0.2) is 10.3 Å². The number of hydrogen-bond donors (Lipinski definition) is 2. The Labute approximate surface area is 152 Å². The molecular weight excluding hydrogens is 356 g/mol. The summed E-state index contributed by atoms with van der Waals surface area (Å²) >= 11 is 2.80. The minimum atomic E-state index is -0.165. The van der Waals surface area contributed by atoms with Gasteiger partial charge in [-0.25, -0.2) is 9.97 Å². The number of fused-ring (bicyclic) bond motifs is 1. The van der Waals surface area contributed by atoms with Crippen molar-refractivity contribution in [2.45, 2.75) is 26.2 Å². The number of hydrogen-bond acceptors (Lipinski definition) is 6. The zero-order chi connectivity index (χ0) is 17.4. The fourth-order valence-corrected chi connectivity index (χ4v) is 4.14. The molecule has 2 heterocycles. The van der Waals surface area contributed by atoms with E-state index in [-0.39, 0.29) is 24.2 Å². The van der Waals surface area contributed by atoms with E-state index in [0.29, 0.717) is 16.0 Å². The summed E-state index contributed by atoms with van der Waals surface area (Å²) in [5.74, 6) is -0.00424. The lowest BCUT2D eigenvalue weighted by atomic mass is 10.2. The largest absolute Gasteiger partial charge is 0.302 e. The molecule has 25 heavy (non-hydrogen) atoms. The summed E-state index contributed by atoms with van der Waals surface area (Å²) in [4.78, 5) is 32.7. The fraction of sp³-hybridized carbons (Fsp3) is 0.294. The summed E-state index contributed by atoms with van der Waals surface area (Å²) in [6.07, 6.45) is 2.06. The third-order valence-electron chi connectivity index (χ3n) is 3.94. The summed E-state index contributed by atoms with van der Waals surface area (Å²) in [6.45, 7) is 2.00. The first-order valence-electron chi connectivity index (χ1n) is 8.00. The Morgan fingerprint density at radius 2 is 2.04 bits per heavy atom. The van der Waals surface area contributed by atoms with Crippen LogP contribution in [0.2, 0.25) is 0 Å². The van der Waals surface area contributed by atoms with Gasteiger partial charge in [0.1, 0.15) is 0 Å². The number of nitrogens with zero attached hydrogens (tertiary/aromatic N) is 2. The molecule has 8 heteroatoms. The number of amides is 2. The van der Waals surface area contributed by atoms with Gasteiger partial charge >= 0.3 is 0 Å². The first-order valence-corrected chi connectivity index (χ1v) is 9.69. The zero-order valence-electron chi connectivity index (χ0n) is 13.5. The van der Waals surface area contributed by atoms with Crippen molar-refractivity contribution in [3.05, 3.63) is 34.8 Å². The third-order valence-corrected chi connectivity index (χ3v) is 5.68. The van der Waals surface area contributed by atoms with Crippen LogP contribution < -0.4 is 10.6 Å². The maximum Gasteiger partial charge on any atom is 0.232 e. The summed E-state index contributed by atoms with van der Waals surface area (Å²) < 4.78 is 1.05. The zero-order valence-corrected chi connectivity index (χ0v) is 15.2. The van der Waals surface area contributed by atoms with Gasteiger partial charge in [0.25, 0.3) is 0 Å². The second-order valence-electron chi connectivity index (χ2n) is 6.07. The fourth-order valence-electron chi connectivity index (χ4n) is 2.47. The van der Waals surface area contributed by atoms with Gasteiger partial charge in [-0.15, -0.1) is 11.3 Å². The maximum absolute atomic E-state index is 12.2. The summed E-state index contributed by atoms with van der Waals surface area (Å²) in [7, 11) is 0. The molecule has 1 aliphatic carbocycles. The molecule has 128 valence electrons. The van der Waals surface area contributed by atoms with Gasteiger partial charge < -0.3 is 10.6 Å². The molecule has 0 unspecified atom stereocenters. The SMILES string of the molecule is Cc1cccc2sc(NC(=O)Cc3csc(NC(=O)C4CC4)n3)nc12. The molecule has 1 fully saturated rings. The second kappa shape index (κ2) is 6.53. The van der Waals surface area contributed by atoms with Crippen LogP contribution in [0.3, 0.4) is 0 Å². The monoisotopic (exact) mass is 372 g/mol. The first kappa shape index (κ1) is 16.2. The van der Waals surface area contributed by atoms with Gasteiger partial charge in [-0.05, 0) is 31.4 Å². The Hall–Kier alpha value is -2.32. The molecule has 0 saturated heterocycles. The van der Waals surface area contributed by atoms with Crippen LogP contribution in [-0.2, 0) is 16.0 Å². The maximum atomic E-state index is 12.2. The van der Waals surface area contributed by atoms with Crippen LogP contribution in [0.15, 0.2) is 23.6 Å². The highest BCUT2D eigenvalue weighted by Crippen LogP contribution is 2.31. The number of thiazole rings is 2. The highest BCUT2D eigenvalue weighted by Gasteiger charge is 2.30. The van der Waals surface area contributed by atoms with Crippen LogP contribution in [-0.4, -0.2) is 21.8 Å². The highest BCUT2D eigenvalue weighted by molar-refractivity contribution is 7.22. The average molecular weight is 372 g/mol. The molecule has 0 aliphatic heterocycles. The molecule has 1 saturated carbocycles. The average Bonchev–Trinajstić information content (AvgIpc) is 3.21. The van der Waals surface area contributed by atoms with Gasteiger partial charge in [0.05, 0.1) is 22.3 Å². The molecular formula is C17H16N4O2S2. The topological polar surface area (TPSA) is 84.0 Å². The molecule has 1 aromatic carbocycles. The van der Waals surface area contributed by atoms with E-state index < -0.39 is 0 Å². The van der Waals surface area contributed by atoms with Crippen LogP contribution in [0.25, 0.3) is 10.2 Å². The number of rotatable bonds is 5. The van der Waals surface area contributed by atoms with Crippen molar-refractivity contribution in [1.29, 1.82) is 0 Å². The van der Waals surface area contributed by atoms with Crippen molar-refractivity contribution in [1.82, 2.24) is 9.97 Å². The Bertz CT molecular complexity index is 959. The van der Waals surface area contributed by atoms with Crippen LogP contribution in [0.4, 0.5) is 10.3 Å². The Morgan fingerprint density at radius 3 is 2.80 bits per heavy atom. The van der Waals surface area contributed by atoms with Crippen molar-refractivity contribution in [3.63, 3.8) is 0 Å². The van der Waals surface area contributed by atoms with Crippen LogP contribution in [0.5, 0.6) is 0 Å². The summed E-state index contributed by atoms with van der Waals surface area (Å²) in [6, 6.07) is 5.97. The third kappa shape index (κ3) is 3.69. The number of aryl methyl sites for hydroxylation is 1. The van der Waals surface area contributed by atoms with Gasteiger partial charge in [0, 0.05) is 11.3 Å². The number of benzene rings is 1. The molecule has 2 aromatic heterocycles.